The smallest absolute Gasteiger partial charge is 0.223 e. The number of nitrogens with two attached hydrogens (primary N) is 1. The number of rotatable bonds is 8. The van der Waals surface area contributed by atoms with Crippen LogP contribution in [0.1, 0.15) is 31.2 Å². The van der Waals surface area contributed by atoms with Gasteiger partial charge in [-0.25, -0.2) is 9.97 Å². The van der Waals surface area contributed by atoms with Gasteiger partial charge in [0, 0.05) is 18.8 Å². The molecule has 100 valence electrons. The average Bonchev–Trinajstić information content (AvgIpc) is 2.33. The van der Waals surface area contributed by atoms with Crippen LogP contribution in [0.4, 0.5) is 5.95 Å². The van der Waals surface area contributed by atoms with E-state index >= 15 is 0 Å². The number of ether oxygens (including phenoxy) is 1. The Morgan fingerprint density at radius 3 is 2.89 bits per heavy atom. The molecule has 0 saturated carbocycles. The summed E-state index contributed by atoms with van der Waals surface area (Å²) in [5.74, 6) is 0.539. The summed E-state index contributed by atoms with van der Waals surface area (Å²) in [6, 6.07) is 1.77. The summed E-state index contributed by atoms with van der Waals surface area (Å²) < 4.78 is 5.44. The lowest BCUT2D eigenvalue weighted by Gasteiger charge is -2.08. The fourth-order valence-corrected chi connectivity index (χ4v) is 1.46. The molecule has 0 saturated heterocycles. The number of nitrogens with one attached hydrogen (secondary N) is 1. The van der Waals surface area contributed by atoms with Crippen LogP contribution in [0.5, 0.6) is 0 Å². The minimum Gasteiger partial charge on any atom is -0.388 e. The Bertz CT molecular complexity index is 398. The molecule has 1 rings (SSSR count). The Morgan fingerprint density at radius 2 is 2.22 bits per heavy atom. The van der Waals surface area contributed by atoms with E-state index in [0.29, 0.717) is 24.8 Å². The van der Waals surface area contributed by atoms with Crippen LogP contribution in [0.3, 0.4) is 0 Å². The number of anilines is 1. The van der Waals surface area contributed by atoms with E-state index in [9.17, 15) is 0 Å². The molecule has 1 heterocycles. The zero-order chi connectivity index (χ0) is 13.4. The topological polar surface area (TPSA) is 73.1 Å². The van der Waals surface area contributed by atoms with E-state index in [-0.39, 0.29) is 4.99 Å². The first-order valence-electron chi connectivity index (χ1n) is 6.10. The van der Waals surface area contributed by atoms with Crippen LogP contribution in [0, 0.1) is 6.92 Å². The second-order valence-electron chi connectivity index (χ2n) is 3.98. The molecule has 0 aliphatic carbocycles. The van der Waals surface area contributed by atoms with Crippen molar-refractivity contribution in [3.63, 3.8) is 0 Å². The highest BCUT2D eigenvalue weighted by Gasteiger charge is 2.03. The van der Waals surface area contributed by atoms with Crippen LogP contribution >= 0.6 is 12.2 Å². The summed E-state index contributed by atoms with van der Waals surface area (Å²) in [5, 5.41) is 3.10. The van der Waals surface area contributed by atoms with Gasteiger partial charge in [0.25, 0.3) is 0 Å². The van der Waals surface area contributed by atoms with E-state index in [1.807, 2.05) is 6.92 Å². The monoisotopic (exact) mass is 268 g/mol. The summed E-state index contributed by atoms with van der Waals surface area (Å²) >= 11 is 4.90. The predicted molar refractivity (Wildman–Crippen MR) is 76.9 cm³/mol. The summed E-state index contributed by atoms with van der Waals surface area (Å²) in [4.78, 5) is 8.76. The Kier molecular flexibility index (Phi) is 6.53. The van der Waals surface area contributed by atoms with Gasteiger partial charge in [0.1, 0.15) is 10.7 Å². The SMILES string of the molecule is CCCCOCCNc1nc(C)cc(C(N)=S)n1. The summed E-state index contributed by atoms with van der Waals surface area (Å²) in [5.41, 5.74) is 6.98. The fraction of sp³-hybridized carbons (Fsp3) is 0.583. The van der Waals surface area contributed by atoms with Crippen molar-refractivity contribution in [3.8, 4) is 0 Å². The van der Waals surface area contributed by atoms with Crippen molar-refractivity contribution in [1.29, 1.82) is 0 Å². The molecule has 0 aromatic carbocycles. The first-order chi connectivity index (χ1) is 8.63. The molecular weight excluding hydrogens is 248 g/mol. The molecule has 1 aromatic heterocycles. The van der Waals surface area contributed by atoms with E-state index in [0.717, 1.165) is 25.1 Å². The summed E-state index contributed by atoms with van der Waals surface area (Å²) in [7, 11) is 0. The van der Waals surface area contributed by atoms with E-state index in [1.165, 1.54) is 0 Å². The molecule has 0 radical (unpaired) electrons. The highest BCUT2D eigenvalue weighted by atomic mass is 32.1. The van der Waals surface area contributed by atoms with Gasteiger partial charge < -0.3 is 15.8 Å². The molecule has 0 spiro atoms. The number of unbranched alkanes of at least 4 members (excludes halogenated alkanes) is 1. The van der Waals surface area contributed by atoms with E-state index in [1.54, 1.807) is 6.07 Å². The maximum absolute atomic E-state index is 5.55. The van der Waals surface area contributed by atoms with Crippen molar-refractivity contribution >= 4 is 23.2 Å². The number of hydrogen-bond acceptors (Lipinski definition) is 5. The summed E-state index contributed by atoms with van der Waals surface area (Å²) in [6.07, 6.45) is 2.23. The minimum atomic E-state index is 0.280. The van der Waals surface area contributed by atoms with Crippen molar-refractivity contribution in [2.75, 3.05) is 25.1 Å². The Morgan fingerprint density at radius 1 is 1.44 bits per heavy atom. The van der Waals surface area contributed by atoms with Crippen LogP contribution in [0.15, 0.2) is 6.07 Å². The average molecular weight is 268 g/mol. The minimum absolute atomic E-state index is 0.280. The second kappa shape index (κ2) is 7.94. The van der Waals surface area contributed by atoms with Crippen LogP contribution in [0.25, 0.3) is 0 Å². The fourth-order valence-electron chi connectivity index (χ4n) is 1.36. The molecule has 18 heavy (non-hydrogen) atoms. The zero-order valence-corrected chi connectivity index (χ0v) is 11.7. The molecule has 6 heteroatoms. The molecule has 1 aromatic rings. The standard InChI is InChI=1S/C12H20N4OS/c1-3-4-6-17-7-5-14-12-15-9(2)8-10(16-12)11(13)18/h8H,3-7H2,1-2H3,(H2,13,18)(H,14,15,16). The van der Waals surface area contributed by atoms with Crippen molar-refractivity contribution in [2.45, 2.75) is 26.7 Å². The molecule has 0 unspecified atom stereocenters. The third-order valence-electron chi connectivity index (χ3n) is 2.28. The van der Waals surface area contributed by atoms with Gasteiger partial charge in [-0.1, -0.05) is 25.6 Å². The van der Waals surface area contributed by atoms with Crippen LogP contribution in [-0.4, -0.2) is 34.7 Å². The molecule has 0 bridgehead atoms. The predicted octanol–water partition coefficient (Wildman–Crippen LogP) is 1.65. The van der Waals surface area contributed by atoms with Gasteiger partial charge in [0.05, 0.1) is 6.61 Å². The lowest BCUT2D eigenvalue weighted by Crippen LogP contribution is -2.16. The quantitative estimate of drug-likeness (QED) is 0.551. The normalized spacial score (nSPS) is 10.3. The van der Waals surface area contributed by atoms with Gasteiger partial charge in [0.15, 0.2) is 0 Å². The molecule has 0 amide bonds. The zero-order valence-electron chi connectivity index (χ0n) is 10.9. The highest BCUT2D eigenvalue weighted by molar-refractivity contribution is 7.80. The summed E-state index contributed by atoms with van der Waals surface area (Å²) in [6.45, 7) is 6.13. The van der Waals surface area contributed by atoms with Crippen molar-refractivity contribution in [2.24, 2.45) is 5.73 Å². The maximum atomic E-state index is 5.55. The Hall–Kier alpha value is -1.27. The van der Waals surface area contributed by atoms with Crippen LogP contribution in [0.2, 0.25) is 0 Å². The number of nitrogens with zero attached hydrogens (tertiary/aromatic N) is 2. The Balaban J connectivity index is 2.40. The van der Waals surface area contributed by atoms with Crippen LogP contribution < -0.4 is 11.1 Å². The molecule has 5 nitrogen and oxygen atoms in total. The molecule has 0 atom stereocenters. The van der Waals surface area contributed by atoms with Gasteiger partial charge in [-0.2, -0.15) is 0 Å². The number of thiocarbonyl (C=S) groups is 1. The van der Waals surface area contributed by atoms with Gasteiger partial charge in [-0.05, 0) is 19.4 Å². The lowest BCUT2D eigenvalue weighted by molar-refractivity contribution is 0.141. The first kappa shape index (κ1) is 14.8. The maximum Gasteiger partial charge on any atom is 0.223 e. The molecule has 0 aliphatic rings. The third-order valence-corrected chi connectivity index (χ3v) is 2.49. The van der Waals surface area contributed by atoms with Crippen molar-refractivity contribution in [3.05, 3.63) is 17.5 Å². The van der Waals surface area contributed by atoms with Crippen LogP contribution in [-0.2, 0) is 4.74 Å². The van der Waals surface area contributed by atoms with Gasteiger partial charge in [-0.15, -0.1) is 0 Å². The first-order valence-corrected chi connectivity index (χ1v) is 6.51. The van der Waals surface area contributed by atoms with Gasteiger partial charge in [-0.3, -0.25) is 0 Å². The van der Waals surface area contributed by atoms with Crippen molar-refractivity contribution in [1.82, 2.24) is 9.97 Å². The second-order valence-corrected chi connectivity index (χ2v) is 4.41. The van der Waals surface area contributed by atoms with E-state index in [2.05, 4.69) is 22.2 Å². The highest BCUT2D eigenvalue weighted by Crippen LogP contribution is 2.04. The third kappa shape index (κ3) is 5.37. The number of hydrogen-bond donors (Lipinski definition) is 2. The molecule has 0 fully saturated rings. The lowest BCUT2D eigenvalue weighted by atomic mass is 10.3. The van der Waals surface area contributed by atoms with Gasteiger partial charge >= 0.3 is 0 Å². The molecule has 0 aliphatic heterocycles. The Labute approximate surface area is 113 Å². The van der Waals surface area contributed by atoms with E-state index in [4.69, 9.17) is 22.7 Å². The molecule has 3 N–H and O–H groups in total. The molecular formula is C12H20N4OS. The van der Waals surface area contributed by atoms with E-state index < -0.39 is 0 Å². The number of aryl methyl sites for hydroxylation is 1. The van der Waals surface area contributed by atoms with Crippen molar-refractivity contribution < 1.29 is 4.74 Å². The largest absolute Gasteiger partial charge is 0.388 e. The number of aromatic nitrogens is 2. The van der Waals surface area contributed by atoms with Gasteiger partial charge in [0.2, 0.25) is 5.95 Å².